The van der Waals surface area contributed by atoms with Crippen molar-refractivity contribution in [2.45, 2.75) is 51.6 Å². The van der Waals surface area contributed by atoms with Gasteiger partial charge >= 0.3 is 0 Å². The highest BCUT2D eigenvalue weighted by Crippen LogP contribution is 2.32. The number of carbonyl (C=O) groups excluding carboxylic acids is 2. The summed E-state index contributed by atoms with van der Waals surface area (Å²) in [5, 5.41) is 0. The molecule has 2 aliphatic heterocycles. The van der Waals surface area contributed by atoms with E-state index >= 15 is 0 Å². The van der Waals surface area contributed by atoms with E-state index in [4.69, 9.17) is 5.73 Å². The van der Waals surface area contributed by atoms with Crippen LogP contribution >= 0.6 is 0 Å². The Kier molecular flexibility index (Phi) is 5.47. The number of carbonyl (C=O) groups is 2. The quantitative estimate of drug-likeness (QED) is 0.800. The molecule has 1 aromatic carbocycles. The Morgan fingerprint density at radius 3 is 2.58 bits per heavy atom. The van der Waals surface area contributed by atoms with Gasteiger partial charge < -0.3 is 5.73 Å². The Labute approximate surface area is 182 Å². The standard InChI is InChI=1S/C23H28N6O2/c1-15(2)23(3)11-21(31)29(22(24)27-23)13-18-10-19(26-14-25-18)28-12-17(9-20(28)30)16-7-5-4-6-8-16/h4-8,10,14-15,17H,9,11-13H2,1-3H3,(H2,24,27)/t17-,23-/m0/s1. The zero-order valence-corrected chi connectivity index (χ0v) is 18.2. The van der Waals surface area contributed by atoms with E-state index in [1.165, 1.54) is 11.2 Å². The summed E-state index contributed by atoms with van der Waals surface area (Å²) in [7, 11) is 0. The predicted molar refractivity (Wildman–Crippen MR) is 118 cm³/mol. The largest absolute Gasteiger partial charge is 0.369 e. The summed E-state index contributed by atoms with van der Waals surface area (Å²) in [5.41, 5.74) is 7.40. The molecule has 1 aromatic heterocycles. The number of guanidine groups is 1. The summed E-state index contributed by atoms with van der Waals surface area (Å²) in [6.07, 6.45) is 2.17. The van der Waals surface area contributed by atoms with Crippen molar-refractivity contribution >= 4 is 23.6 Å². The van der Waals surface area contributed by atoms with Crippen molar-refractivity contribution in [2.75, 3.05) is 11.4 Å². The molecule has 0 spiro atoms. The lowest BCUT2D eigenvalue weighted by Crippen LogP contribution is -2.51. The molecule has 1 fully saturated rings. The average Bonchev–Trinajstić information content (AvgIpc) is 3.13. The van der Waals surface area contributed by atoms with Crippen molar-refractivity contribution < 1.29 is 9.59 Å². The maximum absolute atomic E-state index is 12.8. The van der Waals surface area contributed by atoms with Gasteiger partial charge in [0.2, 0.25) is 11.8 Å². The van der Waals surface area contributed by atoms with E-state index < -0.39 is 5.54 Å². The van der Waals surface area contributed by atoms with Crippen molar-refractivity contribution in [3.05, 3.63) is 54.0 Å². The van der Waals surface area contributed by atoms with E-state index in [1.807, 2.05) is 51.1 Å². The third-order valence-electron chi connectivity index (χ3n) is 6.40. The Morgan fingerprint density at radius 1 is 1.16 bits per heavy atom. The minimum absolute atomic E-state index is 0.0290. The summed E-state index contributed by atoms with van der Waals surface area (Å²) in [4.78, 5) is 41.8. The molecule has 0 unspecified atom stereocenters. The summed E-state index contributed by atoms with van der Waals surface area (Å²) in [6, 6.07) is 11.8. The van der Waals surface area contributed by atoms with E-state index in [0.29, 0.717) is 30.9 Å². The number of aromatic nitrogens is 2. The van der Waals surface area contributed by atoms with Gasteiger partial charge in [0, 0.05) is 24.9 Å². The first kappa shape index (κ1) is 21.0. The van der Waals surface area contributed by atoms with Crippen molar-refractivity contribution in [2.24, 2.45) is 16.6 Å². The molecule has 8 nitrogen and oxygen atoms in total. The van der Waals surface area contributed by atoms with Gasteiger partial charge in [-0.15, -0.1) is 0 Å². The molecule has 2 N–H and O–H groups in total. The molecule has 4 rings (SSSR count). The molecule has 162 valence electrons. The number of hydrogen-bond acceptors (Lipinski definition) is 6. The first-order valence-electron chi connectivity index (χ1n) is 10.6. The van der Waals surface area contributed by atoms with E-state index in [9.17, 15) is 9.59 Å². The van der Waals surface area contributed by atoms with Crippen LogP contribution in [0.3, 0.4) is 0 Å². The highest BCUT2D eigenvalue weighted by molar-refractivity contribution is 5.99. The van der Waals surface area contributed by atoms with Crippen LogP contribution in [0.1, 0.15) is 50.8 Å². The third kappa shape index (κ3) is 4.15. The van der Waals surface area contributed by atoms with Crippen LogP contribution in [0, 0.1) is 5.92 Å². The minimum Gasteiger partial charge on any atom is -0.369 e. The number of benzene rings is 1. The van der Waals surface area contributed by atoms with Gasteiger partial charge in [0.05, 0.1) is 24.2 Å². The van der Waals surface area contributed by atoms with Gasteiger partial charge in [0.1, 0.15) is 12.1 Å². The number of aliphatic imine (C=N–C) groups is 1. The van der Waals surface area contributed by atoms with Crippen LogP contribution in [-0.4, -0.2) is 44.7 Å². The Hall–Kier alpha value is -3.29. The highest BCUT2D eigenvalue weighted by atomic mass is 16.2. The fourth-order valence-electron chi connectivity index (χ4n) is 4.05. The van der Waals surface area contributed by atoms with Gasteiger partial charge in [-0.2, -0.15) is 0 Å². The van der Waals surface area contributed by atoms with E-state index in [0.717, 1.165) is 5.56 Å². The monoisotopic (exact) mass is 420 g/mol. The zero-order valence-electron chi connectivity index (χ0n) is 18.2. The second-order valence-corrected chi connectivity index (χ2v) is 8.82. The number of anilines is 1. The van der Waals surface area contributed by atoms with Crippen LogP contribution in [0.4, 0.5) is 5.82 Å². The lowest BCUT2D eigenvalue weighted by Gasteiger charge is -2.37. The van der Waals surface area contributed by atoms with E-state index in [1.54, 1.807) is 11.0 Å². The van der Waals surface area contributed by atoms with Gasteiger partial charge in [-0.25, -0.2) is 15.0 Å². The molecule has 2 atom stereocenters. The lowest BCUT2D eigenvalue weighted by atomic mass is 9.84. The minimum atomic E-state index is -0.497. The predicted octanol–water partition coefficient (Wildman–Crippen LogP) is 2.46. The number of nitrogens with zero attached hydrogens (tertiary/aromatic N) is 5. The molecule has 2 aliphatic rings. The van der Waals surface area contributed by atoms with Gasteiger partial charge in [-0.3, -0.25) is 19.4 Å². The van der Waals surface area contributed by atoms with Crippen molar-refractivity contribution in [3.8, 4) is 0 Å². The molecule has 0 aliphatic carbocycles. The van der Waals surface area contributed by atoms with Crippen LogP contribution in [0.25, 0.3) is 0 Å². The first-order valence-corrected chi connectivity index (χ1v) is 10.6. The fraction of sp³-hybridized carbons (Fsp3) is 0.435. The zero-order chi connectivity index (χ0) is 22.2. The smallest absolute Gasteiger partial charge is 0.232 e. The van der Waals surface area contributed by atoms with Crippen LogP contribution in [-0.2, 0) is 16.1 Å². The van der Waals surface area contributed by atoms with Gasteiger partial charge in [-0.1, -0.05) is 44.2 Å². The van der Waals surface area contributed by atoms with Gasteiger partial charge in [-0.05, 0) is 18.4 Å². The molecule has 3 heterocycles. The molecule has 0 radical (unpaired) electrons. The molecule has 2 aromatic rings. The summed E-state index contributed by atoms with van der Waals surface area (Å²) in [5.74, 6) is 1.02. The highest BCUT2D eigenvalue weighted by Gasteiger charge is 2.38. The van der Waals surface area contributed by atoms with Crippen LogP contribution < -0.4 is 10.6 Å². The SMILES string of the molecule is CC(C)[C@]1(C)CC(=O)N(Cc2cc(N3C[C@@H](c4ccccc4)CC3=O)ncn2)C(N)=N1. The van der Waals surface area contributed by atoms with Crippen LogP contribution in [0.5, 0.6) is 0 Å². The Balaban J connectivity index is 1.52. The Bertz CT molecular complexity index is 1020. The van der Waals surface area contributed by atoms with Gasteiger partial charge in [0.15, 0.2) is 5.96 Å². The molecule has 1 saturated heterocycles. The number of hydrogen-bond donors (Lipinski definition) is 1. The topological polar surface area (TPSA) is 105 Å². The number of rotatable bonds is 5. The average molecular weight is 421 g/mol. The van der Waals surface area contributed by atoms with Crippen LogP contribution in [0.15, 0.2) is 47.7 Å². The molecule has 0 saturated carbocycles. The molecule has 31 heavy (non-hydrogen) atoms. The van der Waals surface area contributed by atoms with Crippen molar-refractivity contribution in [1.29, 1.82) is 0 Å². The summed E-state index contributed by atoms with van der Waals surface area (Å²) in [6.45, 7) is 6.78. The molecule has 0 bridgehead atoms. The second-order valence-electron chi connectivity index (χ2n) is 8.82. The fourth-order valence-corrected chi connectivity index (χ4v) is 4.05. The Morgan fingerprint density at radius 2 is 1.90 bits per heavy atom. The molecule has 2 amide bonds. The molecular weight excluding hydrogens is 392 g/mol. The van der Waals surface area contributed by atoms with Crippen LogP contribution in [0.2, 0.25) is 0 Å². The number of nitrogens with two attached hydrogens (primary N) is 1. The maximum Gasteiger partial charge on any atom is 0.232 e. The van der Waals surface area contributed by atoms with E-state index in [-0.39, 0.29) is 36.2 Å². The normalized spacial score (nSPS) is 24.1. The second kappa shape index (κ2) is 8.09. The maximum atomic E-state index is 12.8. The first-order chi connectivity index (χ1) is 14.8. The third-order valence-corrected chi connectivity index (χ3v) is 6.40. The molecule has 8 heteroatoms. The number of amides is 2. The molecular formula is C23H28N6O2. The lowest BCUT2D eigenvalue weighted by molar-refractivity contribution is -0.130. The van der Waals surface area contributed by atoms with Crippen molar-refractivity contribution in [3.63, 3.8) is 0 Å². The van der Waals surface area contributed by atoms with E-state index in [2.05, 4.69) is 15.0 Å². The summed E-state index contributed by atoms with van der Waals surface area (Å²) >= 11 is 0. The summed E-state index contributed by atoms with van der Waals surface area (Å²) < 4.78 is 0. The van der Waals surface area contributed by atoms with Gasteiger partial charge in [0.25, 0.3) is 0 Å². The van der Waals surface area contributed by atoms with Crippen molar-refractivity contribution in [1.82, 2.24) is 14.9 Å².